The largest absolute Gasteiger partial charge is 0.395 e. The van der Waals surface area contributed by atoms with Gasteiger partial charge in [0.05, 0.1) is 12.7 Å². The Hall–Kier alpha value is -0.160. The molecule has 2 atom stereocenters. The minimum atomic E-state index is -0.299. The standard InChI is InChI=1S/C6H14N2O2/c9-2-1-8-5-3-7-4-6(5)10/h5-10H,1-4H2. The molecule has 2 unspecified atom stereocenters. The van der Waals surface area contributed by atoms with Crippen LogP contribution in [-0.2, 0) is 0 Å². The Morgan fingerprint density at radius 1 is 1.50 bits per heavy atom. The summed E-state index contributed by atoms with van der Waals surface area (Å²) in [7, 11) is 0. The molecule has 10 heavy (non-hydrogen) atoms. The topological polar surface area (TPSA) is 64.5 Å². The molecular formula is C6H14N2O2. The lowest BCUT2D eigenvalue weighted by Gasteiger charge is -2.13. The molecule has 0 aromatic rings. The van der Waals surface area contributed by atoms with Gasteiger partial charge in [0.2, 0.25) is 0 Å². The lowest BCUT2D eigenvalue weighted by Crippen LogP contribution is -2.40. The number of nitrogens with one attached hydrogen (secondary N) is 2. The second-order valence-electron chi connectivity index (χ2n) is 2.51. The zero-order valence-electron chi connectivity index (χ0n) is 5.88. The highest BCUT2D eigenvalue weighted by atomic mass is 16.3. The summed E-state index contributed by atoms with van der Waals surface area (Å²) in [4.78, 5) is 0. The van der Waals surface area contributed by atoms with Crippen molar-refractivity contribution in [3.05, 3.63) is 0 Å². The summed E-state index contributed by atoms with van der Waals surface area (Å²) in [6.45, 7) is 2.14. The van der Waals surface area contributed by atoms with Crippen LogP contribution in [0.5, 0.6) is 0 Å². The predicted octanol–water partition coefficient (Wildman–Crippen LogP) is -2.10. The number of aliphatic hydroxyl groups excluding tert-OH is 2. The molecule has 0 radical (unpaired) electrons. The Morgan fingerprint density at radius 2 is 2.30 bits per heavy atom. The van der Waals surface area contributed by atoms with Crippen molar-refractivity contribution in [1.29, 1.82) is 0 Å². The summed E-state index contributed by atoms with van der Waals surface area (Å²) in [5, 5.41) is 23.7. The summed E-state index contributed by atoms with van der Waals surface area (Å²) < 4.78 is 0. The van der Waals surface area contributed by atoms with Crippen molar-refractivity contribution in [1.82, 2.24) is 10.6 Å². The van der Waals surface area contributed by atoms with E-state index in [9.17, 15) is 5.11 Å². The highest BCUT2D eigenvalue weighted by Crippen LogP contribution is 1.97. The first-order valence-electron chi connectivity index (χ1n) is 3.57. The monoisotopic (exact) mass is 146 g/mol. The van der Waals surface area contributed by atoms with Gasteiger partial charge in [-0.25, -0.2) is 0 Å². The van der Waals surface area contributed by atoms with E-state index >= 15 is 0 Å². The molecular weight excluding hydrogens is 132 g/mol. The van der Waals surface area contributed by atoms with Gasteiger partial charge in [-0.3, -0.25) is 0 Å². The first-order valence-corrected chi connectivity index (χ1v) is 3.57. The van der Waals surface area contributed by atoms with Crippen LogP contribution in [0, 0.1) is 0 Å². The molecule has 0 aromatic heterocycles. The summed E-state index contributed by atoms with van der Waals surface area (Å²) in [6.07, 6.45) is -0.299. The Kier molecular flexibility index (Phi) is 3.08. The zero-order valence-corrected chi connectivity index (χ0v) is 5.88. The third-order valence-electron chi connectivity index (χ3n) is 1.70. The average molecular weight is 146 g/mol. The highest BCUT2D eigenvalue weighted by molar-refractivity contribution is 4.85. The highest BCUT2D eigenvalue weighted by Gasteiger charge is 2.23. The van der Waals surface area contributed by atoms with E-state index in [1.165, 1.54) is 0 Å². The summed E-state index contributed by atoms with van der Waals surface area (Å²) in [6, 6.07) is 0.118. The van der Waals surface area contributed by atoms with Crippen LogP contribution in [0.25, 0.3) is 0 Å². The van der Waals surface area contributed by atoms with Crippen LogP contribution in [0.15, 0.2) is 0 Å². The Morgan fingerprint density at radius 3 is 2.80 bits per heavy atom. The average Bonchev–Trinajstić information content (AvgIpc) is 2.31. The van der Waals surface area contributed by atoms with Crippen LogP contribution in [0.2, 0.25) is 0 Å². The smallest absolute Gasteiger partial charge is 0.0829 e. The molecule has 4 N–H and O–H groups in total. The van der Waals surface area contributed by atoms with Crippen LogP contribution in [-0.4, -0.2) is 48.6 Å². The number of hydrogen-bond acceptors (Lipinski definition) is 4. The lowest BCUT2D eigenvalue weighted by molar-refractivity contribution is 0.158. The van der Waals surface area contributed by atoms with Gasteiger partial charge in [-0.1, -0.05) is 0 Å². The van der Waals surface area contributed by atoms with E-state index < -0.39 is 0 Å². The first-order chi connectivity index (χ1) is 4.84. The molecule has 0 aliphatic carbocycles. The molecule has 0 amide bonds. The van der Waals surface area contributed by atoms with Crippen molar-refractivity contribution in [3.63, 3.8) is 0 Å². The zero-order chi connectivity index (χ0) is 7.40. The van der Waals surface area contributed by atoms with E-state index in [-0.39, 0.29) is 18.8 Å². The fourth-order valence-electron chi connectivity index (χ4n) is 1.12. The third kappa shape index (κ3) is 1.91. The van der Waals surface area contributed by atoms with Crippen LogP contribution >= 0.6 is 0 Å². The van der Waals surface area contributed by atoms with E-state index in [1.54, 1.807) is 0 Å². The van der Waals surface area contributed by atoms with Crippen molar-refractivity contribution in [2.75, 3.05) is 26.2 Å². The minimum absolute atomic E-state index is 0.118. The molecule has 1 fully saturated rings. The lowest BCUT2D eigenvalue weighted by atomic mass is 10.2. The van der Waals surface area contributed by atoms with Crippen LogP contribution in [0.3, 0.4) is 0 Å². The van der Waals surface area contributed by atoms with Crippen LogP contribution in [0.1, 0.15) is 0 Å². The van der Waals surface area contributed by atoms with E-state index in [0.29, 0.717) is 13.1 Å². The Balaban J connectivity index is 2.14. The number of β-amino-alcohol motifs (C(OH)–C–C–N with tert-alkyl or cyclic N) is 1. The maximum Gasteiger partial charge on any atom is 0.0829 e. The molecule has 1 aliphatic heterocycles. The van der Waals surface area contributed by atoms with Gasteiger partial charge in [-0.2, -0.15) is 0 Å². The minimum Gasteiger partial charge on any atom is -0.395 e. The van der Waals surface area contributed by atoms with E-state index in [4.69, 9.17) is 5.11 Å². The van der Waals surface area contributed by atoms with Crippen LogP contribution < -0.4 is 10.6 Å². The molecule has 1 heterocycles. The number of aliphatic hydroxyl groups is 2. The van der Waals surface area contributed by atoms with Gasteiger partial charge < -0.3 is 20.8 Å². The molecule has 1 aliphatic rings. The summed E-state index contributed by atoms with van der Waals surface area (Å²) in [5.74, 6) is 0. The van der Waals surface area contributed by atoms with Gasteiger partial charge in [0.1, 0.15) is 0 Å². The molecule has 0 saturated carbocycles. The number of hydrogen-bond donors (Lipinski definition) is 4. The van der Waals surface area contributed by atoms with Gasteiger partial charge in [0.15, 0.2) is 0 Å². The van der Waals surface area contributed by atoms with Gasteiger partial charge in [-0.15, -0.1) is 0 Å². The molecule has 0 spiro atoms. The Bertz CT molecular complexity index is 99.7. The van der Waals surface area contributed by atoms with E-state index in [2.05, 4.69) is 10.6 Å². The second kappa shape index (κ2) is 3.88. The van der Waals surface area contributed by atoms with Gasteiger partial charge >= 0.3 is 0 Å². The summed E-state index contributed by atoms with van der Waals surface area (Å²) >= 11 is 0. The molecule has 60 valence electrons. The molecule has 1 saturated heterocycles. The molecule has 4 nitrogen and oxygen atoms in total. The van der Waals surface area contributed by atoms with Crippen molar-refractivity contribution >= 4 is 0 Å². The van der Waals surface area contributed by atoms with Gasteiger partial charge in [-0.05, 0) is 0 Å². The first kappa shape index (κ1) is 7.94. The number of rotatable bonds is 3. The predicted molar refractivity (Wildman–Crippen MR) is 37.8 cm³/mol. The van der Waals surface area contributed by atoms with Gasteiger partial charge in [0.25, 0.3) is 0 Å². The second-order valence-corrected chi connectivity index (χ2v) is 2.51. The van der Waals surface area contributed by atoms with Crippen molar-refractivity contribution in [2.24, 2.45) is 0 Å². The molecule has 4 heteroatoms. The van der Waals surface area contributed by atoms with Crippen molar-refractivity contribution < 1.29 is 10.2 Å². The molecule has 0 bridgehead atoms. The fourth-order valence-corrected chi connectivity index (χ4v) is 1.12. The van der Waals surface area contributed by atoms with Crippen LogP contribution in [0.4, 0.5) is 0 Å². The maximum absolute atomic E-state index is 9.21. The van der Waals surface area contributed by atoms with Gasteiger partial charge in [0, 0.05) is 25.7 Å². The Labute approximate surface area is 60.2 Å². The molecule has 1 rings (SSSR count). The van der Waals surface area contributed by atoms with E-state index in [1.807, 2.05) is 0 Å². The fraction of sp³-hybridized carbons (Fsp3) is 1.00. The molecule has 0 aromatic carbocycles. The maximum atomic E-state index is 9.21. The third-order valence-corrected chi connectivity index (χ3v) is 1.70. The SMILES string of the molecule is OCCNC1CNCC1O. The van der Waals surface area contributed by atoms with Crippen molar-refractivity contribution in [3.8, 4) is 0 Å². The van der Waals surface area contributed by atoms with Crippen molar-refractivity contribution in [2.45, 2.75) is 12.1 Å². The van der Waals surface area contributed by atoms with E-state index in [0.717, 1.165) is 6.54 Å². The normalized spacial score (nSPS) is 33.0. The summed E-state index contributed by atoms with van der Waals surface area (Å²) in [5.41, 5.74) is 0. The quantitative estimate of drug-likeness (QED) is 0.368.